The molecule has 0 unspecified atom stereocenters. The number of nitrogens with zero attached hydrogens (tertiary/aromatic N) is 3. The summed E-state index contributed by atoms with van der Waals surface area (Å²) in [5.41, 5.74) is 12.4. The number of benzene rings is 8. The summed E-state index contributed by atoms with van der Waals surface area (Å²) < 4.78 is 13.2. The first-order valence-corrected chi connectivity index (χ1v) is 18.7. The van der Waals surface area contributed by atoms with Crippen LogP contribution in [-0.2, 0) is 0 Å². The Labute approximate surface area is 322 Å². The predicted molar refractivity (Wildman–Crippen MR) is 227 cm³/mol. The summed E-state index contributed by atoms with van der Waals surface area (Å²) in [6.07, 6.45) is 0. The van der Waals surface area contributed by atoms with Crippen molar-refractivity contribution in [2.75, 3.05) is 0 Å². The topological polar surface area (TPSA) is 65.0 Å². The molecular weight excluding hydrogens is 687 g/mol. The minimum absolute atomic E-state index is 0.518. The Balaban J connectivity index is 1.11. The van der Waals surface area contributed by atoms with Crippen LogP contribution >= 0.6 is 0 Å². The maximum absolute atomic E-state index is 6.76. The number of furan rings is 2. The van der Waals surface area contributed by atoms with Gasteiger partial charge in [-0.05, 0) is 69.8 Å². The number of aromatic nitrogens is 3. The van der Waals surface area contributed by atoms with Crippen LogP contribution in [-0.4, -0.2) is 15.0 Å². The summed E-state index contributed by atoms with van der Waals surface area (Å²) in [7, 11) is 0. The van der Waals surface area contributed by atoms with Gasteiger partial charge >= 0.3 is 0 Å². The van der Waals surface area contributed by atoms with Gasteiger partial charge in [0.15, 0.2) is 17.5 Å². The number of fused-ring (bicyclic) bond motifs is 6. The lowest BCUT2D eigenvalue weighted by atomic mass is 9.93. The summed E-state index contributed by atoms with van der Waals surface area (Å²) >= 11 is 0. The Morgan fingerprint density at radius 3 is 1.48 bits per heavy atom. The molecule has 56 heavy (non-hydrogen) atoms. The van der Waals surface area contributed by atoms with E-state index in [1.165, 1.54) is 11.1 Å². The summed E-state index contributed by atoms with van der Waals surface area (Å²) in [4.78, 5) is 15.4. The van der Waals surface area contributed by atoms with Crippen LogP contribution in [0.5, 0.6) is 0 Å². The van der Waals surface area contributed by atoms with Crippen LogP contribution in [0.4, 0.5) is 0 Å². The fourth-order valence-electron chi connectivity index (χ4n) is 7.88. The van der Waals surface area contributed by atoms with Crippen molar-refractivity contribution in [2.24, 2.45) is 0 Å². The molecule has 0 aliphatic rings. The molecule has 5 nitrogen and oxygen atoms in total. The van der Waals surface area contributed by atoms with Crippen LogP contribution < -0.4 is 0 Å². The zero-order chi connectivity index (χ0) is 37.0. The van der Waals surface area contributed by atoms with Gasteiger partial charge in [-0.25, -0.2) is 15.0 Å². The highest BCUT2D eigenvalue weighted by molar-refractivity contribution is 6.16. The zero-order valence-electron chi connectivity index (χ0n) is 30.1. The third-order valence-electron chi connectivity index (χ3n) is 10.6. The molecule has 0 saturated heterocycles. The third kappa shape index (κ3) is 5.37. The number of hydrogen-bond acceptors (Lipinski definition) is 5. The van der Waals surface area contributed by atoms with E-state index >= 15 is 0 Å². The molecule has 0 aliphatic heterocycles. The van der Waals surface area contributed by atoms with Crippen molar-refractivity contribution < 1.29 is 8.83 Å². The van der Waals surface area contributed by atoms with Gasteiger partial charge in [0.2, 0.25) is 0 Å². The number of rotatable bonds is 6. The first kappa shape index (κ1) is 31.9. The van der Waals surface area contributed by atoms with Gasteiger partial charge in [-0.3, -0.25) is 0 Å². The highest BCUT2D eigenvalue weighted by Gasteiger charge is 2.22. The van der Waals surface area contributed by atoms with Gasteiger partial charge in [-0.15, -0.1) is 0 Å². The van der Waals surface area contributed by atoms with Gasteiger partial charge < -0.3 is 8.83 Å². The normalized spacial score (nSPS) is 11.6. The molecule has 0 radical (unpaired) electrons. The van der Waals surface area contributed by atoms with E-state index in [9.17, 15) is 0 Å². The van der Waals surface area contributed by atoms with Gasteiger partial charge in [-0.1, -0.05) is 152 Å². The fourth-order valence-corrected chi connectivity index (χ4v) is 7.88. The smallest absolute Gasteiger partial charge is 0.167 e. The maximum Gasteiger partial charge on any atom is 0.167 e. The van der Waals surface area contributed by atoms with E-state index in [-0.39, 0.29) is 0 Å². The van der Waals surface area contributed by atoms with E-state index in [1.54, 1.807) is 0 Å². The van der Waals surface area contributed by atoms with Crippen molar-refractivity contribution >= 4 is 43.9 Å². The molecule has 0 saturated carbocycles. The van der Waals surface area contributed by atoms with Gasteiger partial charge in [0.25, 0.3) is 0 Å². The average Bonchev–Trinajstić information content (AvgIpc) is 3.86. The van der Waals surface area contributed by atoms with Crippen molar-refractivity contribution in [3.8, 4) is 67.5 Å². The van der Waals surface area contributed by atoms with E-state index in [2.05, 4.69) is 109 Å². The second-order valence-electron chi connectivity index (χ2n) is 13.9. The summed E-state index contributed by atoms with van der Waals surface area (Å²) in [6.45, 7) is 0. The van der Waals surface area contributed by atoms with E-state index < -0.39 is 0 Å². The molecule has 0 spiro atoms. The standard InChI is InChI=1S/C51H31N3O2/c1-3-14-32(15-4-1)34-18-11-19-35(30-34)36-20-12-21-37(31-36)38-28-29-43(48-46(38)41-23-8-10-27-45(41)56-48)51-53-49(33-16-5-2-6-17-33)52-50(54-51)42-25-13-24-40-39-22-7-9-26-44(39)55-47(40)42/h1-31H. The molecule has 5 heteroatoms. The number of hydrogen-bond donors (Lipinski definition) is 0. The SMILES string of the molecule is c1ccc(-c2cccc(-c3cccc(-c4ccc(-c5nc(-c6ccccc6)nc(-c6cccc7c6oc6ccccc67)n5)c5oc6ccccc6c45)c3)c2)cc1. The van der Waals surface area contributed by atoms with Crippen LogP contribution in [0.25, 0.3) is 111 Å². The molecule has 0 atom stereocenters. The Morgan fingerprint density at radius 2 is 0.750 bits per heavy atom. The molecule has 11 rings (SSSR count). The molecule has 8 aromatic carbocycles. The second kappa shape index (κ2) is 13.0. The Kier molecular flexibility index (Phi) is 7.42. The summed E-state index contributed by atoms with van der Waals surface area (Å²) in [5.74, 6) is 1.61. The maximum atomic E-state index is 6.76. The molecule has 0 amide bonds. The quantitative estimate of drug-likeness (QED) is 0.171. The van der Waals surface area contributed by atoms with Crippen LogP contribution in [0.3, 0.4) is 0 Å². The van der Waals surface area contributed by atoms with Gasteiger partial charge in [0, 0.05) is 27.1 Å². The van der Waals surface area contributed by atoms with Crippen molar-refractivity contribution in [1.82, 2.24) is 15.0 Å². The molecule has 0 bridgehead atoms. The first-order chi connectivity index (χ1) is 27.7. The van der Waals surface area contributed by atoms with E-state index in [4.69, 9.17) is 23.8 Å². The third-order valence-corrected chi connectivity index (χ3v) is 10.6. The van der Waals surface area contributed by atoms with Crippen LogP contribution in [0.1, 0.15) is 0 Å². The summed E-state index contributed by atoms with van der Waals surface area (Å²) in [6, 6.07) is 64.7. The summed E-state index contributed by atoms with van der Waals surface area (Å²) in [5, 5.41) is 4.10. The molecule has 3 aromatic heterocycles. The van der Waals surface area contributed by atoms with E-state index in [1.807, 2.05) is 78.9 Å². The average molecular weight is 718 g/mol. The van der Waals surface area contributed by atoms with Gasteiger partial charge in [0.05, 0.1) is 11.1 Å². The molecule has 0 fully saturated rings. The molecule has 0 N–H and O–H groups in total. The molecule has 0 aliphatic carbocycles. The number of para-hydroxylation sites is 3. The van der Waals surface area contributed by atoms with Crippen LogP contribution in [0.2, 0.25) is 0 Å². The highest BCUT2D eigenvalue weighted by Crippen LogP contribution is 2.43. The van der Waals surface area contributed by atoms with E-state index in [0.717, 1.165) is 82.8 Å². The first-order valence-electron chi connectivity index (χ1n) is 18.7. The molecule has 11 aromatic rings. The molecule has 3 heterocycles. The monoisotopic (exact) mass is 717 g/mol. The minimum Gasteiger partial charge on any atom is -0.455 e. The van der Waals surface area contributed by atoms with Crippen molar-refractivity contribution in [3.05, 3.63) is 188 Å². The lowest BCUT2D eigenvalue weighted by molar-refractivity contribution is 0.669. The minimum atomic E-state index is 0.518. The van der Waals surface area contributed by atoms with Crippen LogP contribution in [0.15, 0.2) is 197 Å². The van der Waals surface area contributed by atoms with Crippen molar-refractivity contribution in [2.45, 2.75) is 0 Å². The fraction of sp³-hybridized carbons (Fsp3) is 0. The molecule has 262 valence electrons. The van der Waals surface area contributed by atoms with Crippen molar-refractivity contribution in [1.29, 1.82) is 0 Å². The largest absolute Gasteiger partial charge is 0.455 e. The van der Waals surface area contributed by atoms with Crippen LogP contribution in [0, 0.1) is 0 Å². The zero-order valence-corrected chi connectivity index (χ0v) is 30.1. The van der Waals surface area contributed by atoms with Crippen molar-refractivity contribution in [3.63, 3.8) is 0 Å². The van der Waals surface area contributed by atoms with Gasteiger partial charge in [0.1, 0.15) is 22.3 Å². The Morgan fingerprint density at radius 1 is 0.286 bits per heavy atom. The predicted octanol–water partition coefficient (Wildman–Crippen LogP) is 13.7. The molecular formula is C51H31N3O2. The van der Waals surface area contributed by atoms with Gasteiger partial charge in [-0.2, -0.15) is 0 Å². The second-order valence-corrected chi connectivity index (χ2v) is 13.9. The Bertz CT molecular complexity index is 3250. The lowest BCUT2D eigenvalue weighted by Crippen LogP contribution is -2.00. The highest BCUT2D eigenvalue weighted by atomic mass is 16.3. The lowest BCUT2D eigenvalue weighted by Gasteiger charge is -2.12. The Hall–Kier alpha value is -7.63. The van der Waals surface area contributed by atoms with E-state index in [0.29, 0.717) is 17.5 Å².